The molecule has 0 bridgehead atoms. The van der Waals surface area contributed by atoms with Crippen molar-refractivity contribution >= 4 is 29.2 Å². The van der Waals surface area contributed by atoms with Crippen molar-refractivity contribution < 1.29 is 23.7 Å². The standard InChI is InChI=1S/C33H26Cl2N2O5/c1-19-13-26(14-20(2)32(19)35)40-18-30(38)41-25-11-12-27-29(15-25)42-33(37)28(16-36)31(27)22-5-9-24(10-6-22)39-17-21-3-7-23(34)8-4-21/h3-15,31H,17-18,37H2,1-2H3. The maximum absolute atomic E-state index is 12.5. The Bertz CT molecular complexity index is 1690. The second kappa shape index (κ2) is 12.5. The molecule has 0 saturated carbocycles. The number of benzene rings is 4. The van der Waals surface area contributed by atoms with Gasteiger partial charge in [-0.25, -0.2) is 4.79 Å². The van der Waals surface area contributed by atoms with Crippen LogP contribution in [0.5, 0.6) is 23.0 Å². The summed E-state index contributed by atoms with van der Waals surface area (Å²) in [5, 5.41) is 11.2. The number of rotatable bonds is 8. The van der Waals surface area contributed by atoms with Crippen LogP contribution in [0.2, 0.25) is 10.0 Å². The first kappa shape index (κ1) is 28.9. The summed E-state index contributed by atoms with van der Waals surface area (Å²) in [5.41, 5.74) is 10.6. The van der Waals surface area contributed by atoms with Crippen LogP contribution in [-0.2, 0) is 11.4 Å². The van der Waals surface area contributed by atoms with Crippen molar-refractivity contribution in [2.24, 2.45) is 5.73 Å². The van der Waals surface area contributed by atoms with E-state index in [9.17, 15) is 10.1 Å². The molecule has 4 aromatic carbocycles. The molecular formula is C33H26Cl2N2O5. The number of aryl methyl sites for hydroxylation is 2. The summed E-state index contributed by atoms with van der Waals surface area (Å²) in [6, 6.07) is 25.5. The fourth-order valence-electron chi connectivity index (χ4n) is 4.64. The minimum absolute atomic E-state index is 0.0154. The van der Waals surface area contributed by atoms with E-state index >= 15 is 0 Å². The molecule has 0 aromatic heterocycles. The van der Waals surface area contributed by atoms with Crippen molar-refractivity contribution in [3.8, 4) is 29.1 Å². The van der Waals surface area contributed by atoms with Gasteiger partial charge in [-0.15, -0.1) is 0 Å². The molecular weight excluding hydrogens is 575 g/mol. The number of halogens is 2. The summed E-state index contributed by atoms with van der Waals surface area (Å²) < 4.78 is 22.8. The number of hydrogen-bond donors (Lipinski definition) is 1. The zero-order valence-corrected chi connectivity index (χ0v) is 24.3. The molecule has 0 radical (unpaired) electrons. The summed E-state index contributed by atoms with van der Waals surface area (Å²) in [6.07, 6.45) is 0. The Morgan fingerprint density at radius 3 is 2.24 bits per heavy atom. The molecule has 2 N–H and O–H groups in total. The lowest BCUT2D eigenvalue weighted by molar-refractivity contribution is -0.136. The number of nitrogens with two attached hydrogens (primary N) is 1. The maximum atomic E-state index is 12.5. The van der Waals surface area contributed by atoms with Gasteiger partial charge in [0, 0.05) is 21.7 Å². The highest BCUT2D eigenvalue weighted by Crippen LogP contribution is 2.43. The molecule has 1 atom stereocenters. The first-order valence-corrected chi connectivity index (χ1v) is 13.8. The second-order valence-electron chi connectivity index (χ2n) is 9.74. The fourth-order valence-corrected chi connectivity index (χ4v) is 4.87. The third kappa shape index (κ3) is 6.46. The van der Waals surface area contributed by atoms with Gasteiger partial charge in [0.05, 0.1) is 5.92 Å². The summed E-state index contributed by atoms with van der Waals surface area (Å²) >= 11 is 12.2. The second-order valence-corrected chi connectivity index (χ2v) is 10.6. The van der Waals surface area contributed by atoms with Crippen LogP contribution in [0.25, 0.3) is 0 Å². The smallest absolute Gasteiger partial charge is 0.349 e. The normalized spacial score (nSPS) is 13.9. The van der Waals surface area contributed by atoms with E-state index < -0.39 is 11.9 Å². The number of ether oxygens (including phenoxy) is 4. The summed E-state index contributed by atoms with van der Waals surface area (Å²) in [4.78, 5) is 12.5. The predicted molar refractivity (Wildman–Crippen MR) is 160 cm³/mol. The molecule has 0 amide bonds. The monoisotopic (exact) mass is 600 g/mol. The van der Waals surface area contributed by atoms with Crippen LogP contribution in [0.15, 0.2) is 90.3 Å². The molecule has 1 unspecified atom stereocenters. The van der Waals surface area contributed by atoms with Crippen molar-refractivity contribution in [3.05, 3.63) is 128 Å². The van der Waals surface area contributed by atoms with Crippen molar-refractivity contribution in [1.82, 2.24) is 0 Å². The number of hydrogen-bond acceptors (Lipinski definition) is 7. The first-order valence-electron chi connectivity index (χ1n) is 13.0. The lowest BCUT2D eigenvalue weighted by atomic mass is 9.83. The first-order chi connectivity index (χ1) is 20.2. The lowest BCUT2D eigenvalue weighted by Gasteiger charge is -2.26. The van der Waals surface area contributed by atoms with Gasteiger partial charge < -0.3 is 24.7 Å². The number of nitriles is 1. The van der Waals surface area contributed by atoms with Crippen molar-refractivity contribution in [2.75, 3.05) is 6.61 Å². The third-order valence-electron chi connectivity index (χ3n) is 6.72. The molecule has 4 aromatic rings. The van der Waals surface area contributed by atoms with Gasteiger partial charge in [-0.1, -0.05) is 53.5 Å². The quantitative estimate of drug-likeness (QED) is 0.166. The number of carbonyl (C=O) groups excluding carboxylic acids is 1. The van der Waals surface area contributed by atoms with E-state index in [4.69, 9.17) is 47.9 Å². The largest absolute Gasteiger partial charge is 0.489 e. The Morgan fingerprint density at radius 1 is 0.905 bits per heavy atom. The van der Waals surface area contributed by atoms with Crippen LogP contribution in [-0.4, -0.2) is 12.6 Å². The van der Waals surface area contributed by atoms with E-state index in [1.807, 2.05) is 62.4 Å². The number of allylic oxidation sites excluding steroid dienone is 1. The van der Waals surface area contributed by atoms with E-state index in [2.05, 4.69) is 6.07 Å². The van der Waals surface area contributed by atoms with E-state index in [1.54, 1.807) is 30.3 Å². The van der Waals surface area contributed by atoms with Gasteiger partial charge in [0.25, 0.3) is 0 Å². The van der Waals surface area contributed by atoms with Gasteiger partial charge in [-0.05, 0) is 78.6 Å². The van der Waals surface area contributed by atoms with Crippen LogP contribution in [0.1, 0.15) is 33.7 Å². The Labute approximate surface area is 253 Å². The average Bonchev–Trinajstić information content (AvgIpc) is 2.98. The SMILES string of the molecule is Cc1cc(OCC(=O)Oc2ccc3c(c2)OC(N)=C(C#N)C3c2ccc(OCc3ccc(Cl)cc3)cc2)cc(C)c1Cl. The highest BCUT2D eigenvalue weighted by molar-refractivity contribution is 6.32. The van der Waals surface area contributed by atoms with Crippen molar-refractivity contribution in [1.29, 1.82) is 5.26 Å². The molecule has 1 heterocycles. The molecule has 0 spiro atoms. The van der Waals surface area contributed by atoms with Crippen molar-refractivity contribution in [3.63, 3.8) is 0 Å². The lowest BCUT2D eigenvalue weighted by Crippen LogP contribution is -2.21. The highest BCUT2D eigenvalue weighted by atomic mass is 35.5. The van der Waals surface area contributed by atoms with E-state index in [0.717, 1.165) is 22.3 Å². The predicted octanol–water partition coefficient (Wildman–Crippen LogP) is 7.39. The molecule has 0 saturated heterocycles. The zero-order chi connectivity index (χ0) is 29.8. The fraction of sp³-hybridized carbons (Fsp3) is 0.152. The number of carbonyl (C=O) groups is 1. The molecule has 7 nitrogen and oxygen atoms in total. The minimum Gasteiger partial charge on any atom is -0.489 e. The van der Waals surface area contributed by atoms with E-state index in [-0.39, 0.29) is 23.8 Å². The number of nitrogens with zero attached hydrogens (tertiary/aromatic N) is 1. The van der Waals surface area contributed by atoms with Gasteiger partial charge in [0.2, 0.25) is 5.88 Å². The van der Waals surface area contributed by atoms with Gasteiger partial charge in [-0.3, -0.25) is 0 Å². The Balaban J connectivity index is 1.29. The van der Waals surface area contributed by atoms with Gasteiger partial charge in [0.1, 0.15) is 41.2 Å². The molecule has 1 aliphatic heterocycles. The van der Waals surface area contributed by atoms with Crippen LogP contribution < -0.4 is 24.7 Å². The summed E-state index contributed by atoms with van der Waals surface area (Å²) in [7, 11) is 0. The Hall–Kier alpha value is -4.64. The van der Waals surface area contributed by atoms with Crippen LogP contribution >= 0.6 is 23.2 Å². The van der Waals surface area contributed by atoms with Gasteiger partial charge in [-0.2, -0.15) is 5.26 Å². The molecule has 9 heteroatoms. The van der Waals surface area contributed by atoms with E-state index in [0.29, 0.717) is 39.5 Å². The molecule has 212 valence electrons. The van der Waals surface area contributed by atoms with Gasteiger partial charge >= 0.3 is 5.97 Å². The van der Waals surface area contributed by atoms with E-state index in [1.165, 1.54) is 0 Å². The van der Waals surface area contributed by atoms with Crippen LogP contribution in [0, 0.1) is 25.2 Å². The molecule has 0 fully saturated rings. The molecule has 5 rings (SSSR count). The molecule has 0 aliphatic carbocycles. The average molecular weight is 601 g/mol. The minimum atomic E-state index is -0.594. The number of fused-ring (bicyclic) bond motifs is 1. The van der Waals surface area contributed by atoms with Crippen LogP contribution in [0.4, 0.5) is 0 Å². The third-order valence-corrected chi connectivity index (χ3v) is 7.57. The Kier molecular flexibility index (Phi) is 8.58. The van der Waals surface area contributed by atoms with Crippen molar-refractivity contribution in [2.45, 2.75) is 26.4 Å². The number of esters is 1. The Morgan fingerprint density at radius 2 is 1.57 bits per heavy atom. The molecule has 42 heavy (non-hydrogen) atoms. The van der Waals surface area contributed by atoms with Gasteiger partial charge in [0.15, 0.2) is 6.61 Å². The molecule has 1 aliphatic rings. The zero-order valence-electron chi connectivity index (χ0n) is 22.8. The summed E-state index contributed by atoms with van der Waals surface area (Å²) in [5.74, 6) is 0.740. The highest BCUT2D eigenvalue weighted by Gasteiger charge is 2.31. The topological polar surface area (TPSA) is 104 Å². The maximum Gasteiger partial charge on any atom is 0.349 e. The summed E-state index contributed by atoms with van der Waals surface area (Å²) in [6.45, 7) is 3.82. The van der Waals surface area contributed by atoms with Crippen LogP contribution in [0.3, 0.4) is 0 Å².